The lowest BCUT2D eigenvalue weighted by atomic mass is 10.1. The first-order chi connectivity index (χ1) is 8.22. The van der Waals surface area contributed by atoms with Crippen molar-refractivity contribution in [2.75, 3.05) is 0 Å². The van der Waals surface area contributed by atoms with Crippen molar-refractivity contribution in [2.24, 2.45) is 11.8 Å². The number of rotatable bonds is 7. The summed E-state index contributed by atoms with van der Waals surface area (Å²) >= 11 is 0. The fourth-order valence-corrected chi connectivity index (χ4v) is 1.38. The molecular weight excluding hydrogens is 232 g/mol. The molecule has 102 valence electrons. The molecule has 0 amide bonds. The molecule has 0 aliphatic carbocycles. The third kappa shape index (κ3) is 7.65. The molecule has 0 aliphatic heterocycles. The Balaban J connectivity index is 4.62. The van der Waals surface area contributed by atoms with E-state index in [0.717, 1.165) is 12.2 Å². The Morgan fingerprint density at radius 1 is 0.833 bits per heavy atom. The standard InChI is InChI=1S/C14H22O4/c1-9(2)5-11(15)7-13(17)14(18)8-12(16)6-10(3)4/h7-10,17-18H,5-6H2,1-4H3. The lowest BCUT2D eigenvalue weighted by Crippen LogP contribution is -2.04. The second kappa shape index (κ2) is 7.69. The summed E-state index contributed by atoms with van der Waals surface area (Å²) in [5.41, 5.74) is 0. The van der Waals surface area contributed by atoms with Crippen molar-refractivity contribution < 1.29 is 19.8 Å². The molecule has 0 aromatic carbocycles. The zero-order chi connectivity index (χ0) is 14.3. The quantitative estimate of drug-likeness (QED) is 0.416. The maximum absolute atomic E-state index is 11.4. The molecule has 0 unspecified atom stereocenters. The molecule has 0 heterocycles. The molecule has 0 aromatic heterocycles. The molecule has 0 fully saturated rings. The first-order valence-electron chi connectivity index (χ1n) is 6.09. The predicted octanol–water partition coefficient (Wildman–Crippen LogP) is 3.10. The molecule has 0 atom stereocenters. The molecule has 0 saturated carbocycles. The van der Waals surface area contributed by atoms with E-state index in [1.807, 2.05) is 27.7 Å². The Labute approximate surface area is 108 Å². The number of aliphatic hydroxyl groups is 2. The zero-order valence-electron chi connectivity index (χ0n) is 11.4. The van der Waals surface area contributed by atoms with Crippen LogP contribution in [-0.4, -0.2) is 21.8 Å². The molecule has 4 nitrogen and oxygen atoms in total. The Morgan fingerprint density at radius 3 is 1.33 bits per heavy atom. The third-order valence-corrected chi connectivity index (χ3v) is 2.08. The van der Waals surface area contributed by atoms with Crippen molar-refractivity contribution in [1.29, 1.82) is 0 Å². The number of hydrogen-bond donors (Lipinski definition) is 2. The normalized spacial score (nSPS) is 13.2. The Morgan fingerprint density at radius 2 is 1.11 bits per heavy atom. The van der Waals surface area contributed by atoms with Crippen molar-refractivity contribution in [3.63, 3.8) is 0 Å². The summed E-state index contributed by atoms with van der Waals surface area (Å²) in [7, 11) is 0. The largest absolute Gasteiger partial charge is 0.504 e. The van der Waals surface area contributed by atoms with Gasteiger partial charge in [-0.1, -0.05) is 27.7 Å². The first-order valence-corrected chi connectivity index (χ1v) is 6.09. The fourth-order valence-electron chi connectivity index (χ4n) is 1.38. The SMILES string of the molecule is CC(C)CC(=O)C=C(O)C(O)=CC(=O)CC(C)C. The van der Waals surface area contributed by atoms with E-state index in [9.17, 15) is 19.8 Å². The van der Waals surface area contributed by atoms with E-state index in [-0.39, 0.29) is 36.2 Å². The second-order valence-corrected chi connectivity index (χ2v) is 5.19. The van der Waals surface area contributed by atoms with E-state index in [1.165, 1.54) is 0 Å². The summed E-state index contributed by atoms with van der Waals surface area (Å²) < 4.78 is 0. The van der Waals surface area contributed by atoms with Gasteiger partial charge < -0.3 is 10.2 Å². The van der Waals surface area contributed by atoms with Crippen LogP contribution in [0.2, 0.25) is 0 Å². The second-order valence-electron chi connectivity index (χ2n) is 5.19. The highest BCUT2D eigenvalue weighted by atomic mass is 16.3. The summed E-state index contributed by atoms with van der Waals surface area (Å²) in [6.45, 7) is 7.52. The zero-order valence-corrected chi connectivity index (χ0v) is 11.4. The summed E-state index contributed by atoms with van der Waals surface area (Å²) in [5, 5.41) is 18.9. The van der Waals surface area contributed by atoms with Crippen molar-refractivity contribution in [1.82, 2.24) is 0 Å². The summed E-state index contributed by atoms with van der Waals surface area (Å²) in [6, 6.07) is 0. The minimum absolute atomic E-state index is 0.176. The lowest BCUT2D eigenvalue weighted by Gasteiger charge is -2.02. The first kappa shape index (κ1) is 16.4. The van der Waals surface area contributed by atoms with Gasteiger partial charge in [-0.25, -0.2) is 0 Å². The van der Waals surface area contributed by atoms with Crippen molar-refractivity contribution in [2.45, 2.75) is 40.5 Å². The monoisotopic (exact) mass is 254 g/mol. The number of carbonyl (C=O) groups excluding carboxylic acids is 2. The highest BCUT2D eigenvalue weighted by molar-refractivity contribution is 5.92. The van der Waals surface area contributed by atoms with Crippen LogP contribution in [0.15, 0.2) is 23.7 Å². The molecule has 0 bridgehead atoms. The molecule has 0 radical (unpaired) electrons. The van der Waals surface area contributed by atoms with Gasteiger partial charge in [0.25, 0.3) is 0 Å². The van der Waals surface area contributed by atoms with Crippen LogP contribution < -0.4 is 0 Å². The molecule has 0 rings (SSSR count). The third-order valence-electron chi connectivity index (χ3n) is 2.08. The Bertz CT molecular complexity index is 326. The van der Waals surface area contributed by atoms with Crippen LogP contribution in [-0.2, 0) is 9.59 Å². The van der Waals surface area contributed by atoms with E-state index < -0.39 is 11.5 Å². The van der Waals surface area contributed by atoms with Gasteiger partial charge in [0.2, 0.25) is 0 Å². The topological polar surface area (TPSA) is 74.6 Å². The molecule has 0 spiro atoms. The maximum Gasteiger partial charge on any atom is 0.161 e. The average Bonchev–Trinajstić information content (AvgIpc) is 2.13. The Kier molecular flexibility index (Phi) is 7.01. The highest BCUT2D eigenvalue weighted by Gasteiger charge is 2.09. The van der Waals surface area contributed by atoms with E-state index >= 15 is 0 Å². The van der Waals surface area contributed by atoms with Crippen LogP contribution in [0.4, 0.5) is 0 Å². The number of carbonyl (C=O) groups is 2. The minimum Gasteiger partial charge on any atom is -0.504 e. The van der Waals surface area contributed by atoms with E-state index in [2.05, 4.69) is 0 Å². The van der Waals surface area contributed by atoms with Crippen LogP contribution >= 0.6 is 0 Å². The van der Waals surface area contributed by atoms with Crippen LogP contribution in [0.5, 0.6) is 0 Å². The van der Waals surface area contributed by atoms with Crippen LogP contribution in [0.25, 0.3) is 0 Å². The minimum atomic E-state index is -0.558. The van der Waals surface area contributed by atoms with Gasteiger partial charge in [-0.05, 0) is 11.8 Å². The molecule has 2 N–H and O–H groups in total. The predicted molar refractivity (Wildman–Crippen MR) is 70.3 cm³/mol. The fraction of sp³-hybridized carbons (Fsp3) is 0.571. The summed E-state index contributed by atoms with van der Waals surface area (Å²) in [6.07, 6.45) is 2.48. The number of ketones is 2. The molecule has 0 aliphatic rings. The Hall–Kier alpha value is -1.58. The van der Waals surface area contributed by atoms with Gasteiger partial charge in [-0.2, -0.15) is 0 Å². The van der Waals surface area contributed by atoms with Gasteiger partial charge >= 0.3 is 0 Å². The smallest absolute Gasteiger partial charge is 0.161 e. The van der Waals surface area contributed by atoms with Crippen molar-refractivity contribution in [3.05, 3.63) is 23.7 Å². The van der Waals surface area contributed by atoms with Gasteiger partial charge in [0.05, 0.1) is 0 Å². The van der Waals surface area contributed by atoms with E-state index in [0.29, 0.717) is 0 Å². The van der Waals surface area contributed by atoms with Gasteiger partial charge in [-0.15, -0.1) is 0 Å². The number of hydrogen-bond acceptors (Lipinski definition) is 4. The number of allylic oxidation sites excluding steroid dienone is 2. The molecule has 18 heavy (non-hydrogen) atoms. The van der Waals surface area contributed by atoms with Gasteiger partial charge in [0.15, 0.2) is 23.1 Å². The van der Waals surface area contributed by atoms with E-state index in [1.54, 1.807) is 0 Å². The molecule has 0 aromatic rings. The number of aliphatic hydroxyl groups excluding tert-OH is 2. The van der Waals surface area contributed by atoms with Crippen LogP contribution in [0.1, 0.15) is 40.5 Å². The van der Waals surface area contributed by atoms with Gasteiger partial charge in [-0.3, -0.25) is 9.59 Å². The van der Waals surface area contributed by atoms with Crippen molar-refractivity contribution >= 4 is 11.6 Å². The average molecular weight is 254 g/mol. The summed E-state index contributed by atoms with van der Waals surface area (Å²) in [4.78, 5) is 22.7. The van der Waals surface area contributed by atoms with Crippen molar-refractivity contribution in [3.8, 4) is 0 Å². The molecule has 4 heteroatoms. The summed E-state index contributed by atoms with van der Waals surface area (Å²) in [5.74, 6) is -1.32. The maximum atomic E-state index is 11.4. The van der Waals surface area contributed by atoms with E-state index in [4.69, 9.17) is 0 Å². The van der Waals surface area contributed by atoms with Gasteiger partial charge in [0, 0.05) is 25.0 Å². The molecular formula is C14H22O4. The van der Waals surface area contributed by atoms with Crippen LogP contribution in [0.3, 0.4) is 0 Å². The highest BCUT2D eigenvalue weighted by Crippen LogP contribution is 2.09. The van der Waals surface area contributed by atoms with Crippen LogP contribution in [0, 0.1) is 11.8 Å². The van der Waals surface area contributed by atoms with Gasteiger partial charge in [0.1, 0.15) is 0 Å². The lowest BCUT2D eigenvalue weighted by molar-refractivity contribution is -0.116. The molecule has 0 saturated heterocycles.